The maximum atomic E-state index is 4.90. The van der Waals surface area contributed by atoms with Gasteiger partial charge < -0.3 is 52.0 Å². The molecular formula is C8H35N9. The lowest BCUT2D eigenvalue weighted by Gasteiger charge is -1.72. The van der Waals surface area contributed by atoms with Gasteiger partial charge in [0.05, 0.1) is 0 Å². The highest BCUT2D eigenvalue weighted by Gasteiger charge is 1.55. The minimum Gasteiger partial charge on any atom is -0.344 e. The third-order valence-corrected chi connectivity index (χ3v) is 0.667. The molecule has 0 heterocycles. The van der Waals surface area contributed by atoms with Crippen molar-refractivity contribution in [2.45, 2.75) is 0 Å². The largest absolute Gasteiger partial charge is 0.344 e. The molecule has 0 saturated heterocycles. The molecule has 0 rings (SSSR count). The summed E-state index contributed by atoms with van der Waals surface area (Å²) in [4.78, 5) is 0. The molecular weight excluding hydrogens is 222 g/mol. The molecule has 0 unspecified atom stereocenters. The number of rotatable bonds is 4. The van der Waals surface area contributed by atoms with Gasteiger partial charge in [-0.3, -0.25) is 0 Å². The zero-order valence-electron chi connectivity index (χ0n) is 11.0. The van der Waals surface area contributed by atoms with Crippen LogP contribution in [0.4, 0.5) is 0 Å². The van der Waals surface area contributed by atoms with E-state index in [1.54, 1.807) is 0 Å². The molecule has 9 nitrogen and oxygen atoms in total. The summed E-state index contributed by atoms with van der Waals surface area (Å²) in [5.74, 6) is 0. The summed E-state index contributed by atoms with van der Waals surface area (Å²) < 4.78 is 0. The lowest BCUT2D eigenvalue weighted by molar-refractivity contribution is 0.976. The Kier molecular flexibility index (Phi) is 101. The van der Waals surface area contributed by atoms with Gasteiger partial charge in [-0.2, -0.15) is 0 Å². The zero-order chi connectivity index (χ0) is 13.7. The van der Waals surface area contributed by atoms with Crippen molar-refractivity contribution in [3.63, 3.8) is 0 Å². The van der Waals surface area contributed by atoms with Crippen molar-refractivity contribution in [3.05, 3.63) is 0 Å². The van der Waals surface area contributed by atoms with E-state index in [1.807, 2.05) is 0 Å². The standard InChI is InChI=1S/4C2H8N2.H3N/c4*3-1-2-4;/h4*1-4H2;1H3. The van der Waals surface area contributed by atoms with Crippen LogP contribution in [0, 0.1) is 0 Å². The Morgan fingerprint density at radius 3 is 0.353 bits per heavy atom. The van der Waals surface area contributed by atoms with Crippen LogP contribution >= 0.6 is 0 Å². The van der Waals surface area contributed by atoms with E-state index in [0.717, 1.165) is 0 Å². The fourth-order valence-corrected chi connectivity index (χ4v) is 0. The van der Waals surface area contributed by atoms with Crippen LogP contribution in [0.2, 0.25) is 0 Å². The van der Waals surface area contributed by atoms with Gasteiger partial charge in [-0.15, -0.1) is 0 Å². The summed E-state index contributed by atoms with van der Waals surface area (Å²) in [6.07, 6.45) is 0. The Morgan fingerprint density at radius 1 is 0.294 bits per heavy atom. The third-order valence-electron chi connectivity index (χ3n) is 0.667. The Morgan fingerprint density at radius 2 is 0.353 bits per heavy atom. The van der Waals surface area contributed by atoms with Gasteiger partial charge in [0, 0.05) is 52.4 Å². The molecule has 0 aromatic heterocycles. The van der Waals surface area contributed by atoms with Gasteiger partial charge in [0.25, 0.3) is 0 Å². The first-order valence-electron chi connectivity index (χ1n) is 5.27. The third kappa shape index (κ3) is 220. The van der Waals surface area contributed by atoms with Crippen molar-refractivity contribution in [1.82, 2.24) is 6.15 Å². The summed E-state index contributed by atoms with van der Waals surface area (Å²) in [5, 5.41) is 0. The van der Waals surface area contributed by atoms with Crippen LogP contribution in [0.25, 0.3) is 0 Å². The molecule has 0 fully saturated rings. The predicted octanol–water partition coefficient (Wildman–Crippen LogP) is -4.22. The van der Waals surface area contributed by atoms with E-state index < -0.39 is 0 Å². The first-order valence-corrected chi connectivity index (χ1v) is 5.27. The summed E-state index contributed by atoms with van der Waals surface area (Å²) in [7, 11) is 0. The fraction of sp³-hybridized carbons (Fsp3) is 1.00. The van der Waals surface area contributed by atoms with Gasteiger partial charge in [0.1, 0.15) is 0 Å². The van der Waals surface area contributed by atoms with Gasteiger partial charge in [0.15, 0.2) is 0 Å². The lowest BCUT2D eigenvalue weighted by atomic mass is 10.7. The molecule has 112 valence electrons. The van der Waals surface area contributed by atoms with Crippen LogP contribution in [-0.2, 0) is 0 Å². The first-order chi connectivity index (χ1) is 7.66. The van der Waals surface area contributed by atoms with E-state index in [2.05, 4.69) is 0 Å². The molecule has 0 amide bonds. The topological polar surface area (TPSA) is 243 Å². The minimum absolute atomic E-state index is 0. The normalized spacial score (nSPS) is 7.06. The second-order valence-corrected chi connectivity index (χ2v) is 2.31. The van der Waals surface area contributed by atoms with E-state index >= 15 is 0 Å². The molecule has 0 aliphatic rings. The molecule has 0 radical (unpaired) electrons. The summed E-state index contributed by atoms with van der Waals surface area (Å²) in [6, 6.07) is 0. The molecule has 0 aliphatic heterocycles. The Labute approximate surface area is 105 Å². The van der Waals surface area contributed by atoms with E-state index in [-0.39, 0.29) is 6.15 Å². The molecule has 0 atom stereocenters. The van der Waals surface area contributed by atoms with Crippen molar-refractivity contribution in [2.24, 2.45) is 45.9 Å². The van der Waals surface area contributed by atoms with Crippen molar-refractivity contribution >= 4 is 0 Å². The molecule has 17 heavy (non-hydrogen) atoms. The Balaban J connectivity index is -0.0000000369. The van der Waals surface area contributed by atoms with Gasteiger partial charge in [-0.05, 0) is 0 Å². The highest BCUT2D eigenvalue weighted by Crippen LogP contribution is 1.25. The van der Waals surface area contributed by atoms with Gasteiger partial charge >= 0.3 is 0 Å². The molecule has 19 N–H and O–H groups in total. The van der Waals surface area contributed by atoms with Crippen molar-refractivity contribution in [3.8, 4) is 0 Å². The van der Waals surface area contributed by atoms with Gasteiger partial charge in [0.2, 0.25) is 0 Å². The second-order valence-electron chi connectivity index (χ2n) is 2.31. The summed E-state index contributed by atoms with van der Waals surface area (Å²) in [5.41, 5.74) is 39.2. The Bertz CT molecular complexity index is 41.0. The molecule has 0 bridgehead atoms. The lowest BCUT2D eigenvalue weighted by Crippen LogP contribution is -2.11. The minimum atomic E-state index is 0. The smallest absolute Gasteiger partial charge is 0.00461 e. The summed E-state index contributed by atoms with van der Waals surface area (Å²) >= 11 is 0. The van der Waals surface area contributed by atoms with E-state index in [4.69, 9.17) is 45.9 Å². The highest BCUT2D eigenvalue weighted by molar-refractivity contribution is 4.27. The van der Waals surface area contributed by atoms with Crippen molar-refractivity contribution < 1.29 is 0 Å². The van der Waals surface area contributed by atoms with Crippen LogP contribution in [0.3, 0.4) is 0 Å². The second kappa shape index (κ2) is 57.4. The van der Waals surface area contributed by atoms with E-state index in [0.29, 0.717) is 52.4 Å². The van der Waals surface area contributed by atoms with Gasteiger partial charge in [-0.1, -0.05) is 0 Å². The molecule has 0 aromatic rings. The average Bonchev–Trinajstić information content (AvgIpc) is 2.39. The van der Waals surface area contributed by atoms with Crippen molar-refractivity contribution in [2.75, 3.05) is 52.4 Å². The van der Waals surface area contributed by atoms with Crippen LogP contribution in [0.15, 0.2) is 0 Å². The monoisotopic (exact) mass is 257 g/mol. The fourth-order valence-electron chi connectivity index (χ4n) is 0. The molecule has 9 heteroatoms. The maximum absolute atomic E-state index is 4.90. The van der Waals surface area contributed by atoms with Crippen LogP contribution in [0.5, 0.6) is 0 Å². The maximum Gasteiger partial charge on any atom is 0.00461 e. The number of nitrogens with two attached hydrogens (primary N) is 8. The molecule has 0 aromatic carbocycles. The number of hydrogen-bond acceptors (Lipinski definition) is 9. The summed E-state index contributed by atoms with van der Waals surface area (Å²) in [6.45, 7) is 4.78. The quantitative estimate of drug-likeness (QED) is 0.236. The number of hydrogen-bond donors (Lipinski definition) is 9. The first kappa shape index (κ1) is 30.0. The van der Waals surface area contributed by atoms with Crippen LogP contribution in [-0.4, -0.2) is 52.4 Å². The van der Waals surface area contributed by atoms with Gasteiger partial charge in [-0.25, -0.2) is 0 Å². The zero-order valence-corrected chi connectivity index (χ0v) is 11.0. The van der Waals surface area contributed by atoms with Crippen LogP contribution in [0.1, 0.15) is 0 Å². The van der Waals surface area contributed by atoms with Crippen LogP contribution < -0.4 is 52.0 Å². The Hall–Kier alpha value is -0.360. The van der Waals surface area contributed by atoms with E-state index in [9.17, 15) is 0 Å². The predicted molar refractivity (Wildman–Crippen MR) is 77.5 cm³/mol. The highest BCUT2D eigenvalue weighted by atomic mass is 14.6. The SMILES string of the molecule is N.NCCN.NCCN.NCCN.NCCN. The van der Waals surface area contributed by atoms with Crippen molar-refractivity contribution in [1.29, 1.82) is 0 Å². The molecule has 0 spiro atoms. The molecule has 0 aliphatic carbocycles. The van der Waals surface area contributed by atoms with E-state index in [1.165, 1.54) is 0 Å². The average molecular weight is 257 g/mol. The molecule has 0 saturated carbocycles.